The fraction of sp³-hybridized carbons (Fsp3) is 0.929. The molecule has 0 aliphatic heterocycles. The van der Waals surface area contributed by atoms with Crippen LogP contribution in [0.5, 0.6) is 0 Å². The summed E-state index contributed by atoms with van der Waals surface area (Å²) in [6.07, 6.45) is 11.4. The molecule has 0 aliphatic carbocycles. The van der Waals surface area contributed by atoms with E-state index in [9.17, 15) is 0 Å². The van der Waals surface area contributed by atoms with E-state index in [1.807, 2.05) is 0 Å². The lowest BCUT2D eigenvalue weighted by Gasteiger charge is -2.23. The molecule has 1 radical (unpaired) electrons. The monoisotopic (exact) mass is 212 g/mol. The number of nitrogens with two attached hydrogens (primary N) is 1. The first-order chi connectivity index (χ1) is 7.26. The summed E-state index contributed by atoms with van der Waals surface area (Å²) >= 11 is 0. The maximum atomic E-state index is 6.20. The molecule has 0 aliphatic rings. The van der Waals surface area contributed by atoms with Gasteiger partial charge in [-0.15, -0.1) is 0 Å². The van der Waals surface area contributed by atoms with Crippen LogP contribution in [0.3, 0.4) is 0 Å². The molecule has 0 aromatic carbocycles. The van der Waals surface area contributed by atoms with Crippen molar-refractivity contribution in [2.45, 2.75) is 77.7 Å². The first kappa shape index (κ1) is 15.0. The molecule has 2 unspecified atom stereocenters. The Bertz CT molecular complexity index is 123. The maximum Gasteiger partial charge on any atom is 0.00670 e. The second-order valence-corrected chi connectivity index (χ2v) is 4.70. The molecule has 1 heteroatoms. The van der Waals surface area contributed by atoms with Gasteiger partial charge in [-0.25, -0.2) is 0 Å². The predicted octanol–water partition coefficient (Wildman–Crippen LogP) is 4.31. The number of hydrogen-bond acceptors (Lipinski definition) is 1. The Morgan fingerprint density at radius 3 is 2.20 bits per heavy atom. The number of hydrogen-bond donors (Lipinski definition) is 1. The van der Waals surface area contributed by atoms with Crippen LogP contribution in [0, 0.1) is 12.8 Å². The summed E-state index contributed by atoms with van der Waals surface area (Å²) < 4.78 is 0. The van der Waals surface area contributed by atoms with Crippen molar-refractivity contribution in [1.29, 1.82) is 0 Å². The highest BCUT2D eigenvalue weighted by Gasteiger charge is 2.15. The maximum absolute atomic E-state index is 6.20. The van der Waals surface area contributed by atoms with E-state index in [1.54, 1.807) is 0 Å². The molecule has 0 heterocycles. The summed E-state index contributed by atoms with van der Waals surface area (Å²) in [7, 11) is 0. The van der Waals surface area contributed by atoms with Crippen LogP contribution in [0.2, 0.25) is 0 Å². The Morgan fingerprint density at radius 1 is 0.933 bits per heavy atom. The van der Waals surface area contributed by atoms with Crippen molar-refractivity contribution >= 4 is 0 Å². The molecule has 1 nitrogen and oxygen atoms in total. The van der Waals surface area contributed by atoms with Crippen LogP contribution in [0.4, 0.5) is 0 Å². The highest BCUT2D eigenvalue weighted by molar-refractivity contribution is 4.73. The van der Waals surface area contributed by atoms with E-state index in [4.69, 9.17) is 5.73 Å². The van der Waals surface area contributed by atoms with Gasteiger partial charge < -0.3 is 5.73 Å². The van der Waals surface area contributed by atoms with E-state index in [-0.39, 0.29) is 0 Å². The molecule has 0 bridgehead atoms. The van der Waals surface area contributed by atoms with Gasteiger partial charge >= 0.3 is 0 Å². The molecule has 0 fully saturated rings. The van der Waals surface area contributed by atoms with E-state index in [2.05, 4.69) is 20.8 Å². The van der Waals surface area contributed by atoms with Gasteiger partial charge in [-0.3, -0.25) is 0 Å². The predicted molar refractivity (Wildman–Crippen MR) is 69.7 cm³/mol. The molecule has 2 N–H and O–H groups in total. The molecule has 0 spiro atoms. The molecule has 15 heavy (non-hydrogen) atoms. The minimum Gasteiger partial charge on any atom is -0.327 e. The van der Waals surface area contributed by atoms with Crippen LogP contribution < -0.4 is 5.73 Å². The van der Waals surface area contributed by atoms with Crippen molar-refractivity contribution in [2.24, 2.45) is 11.7 Å². The first-order valence-electron chi connectivity index (χ1n) is 6.81. The van der Waals surface area contributed by atoms with Crippen molar-refractivity contribution in [3.63, 3.8) is 0 Å². The van der Waals surface area contributed by atoms with E-state index in [0.29, 0.717) is 6.04 Å². The summed E-state index contributed by atoms with van der Waals surface area (Å²) in [6, 6.07) is 0.415. The highest BCUT2D eigenvalue weighted by atomic mass is 14.6. The minimum atomic E-state index is 0.415. The standard InChI is InChI=1S/C14H30N/c1-4-7-8-9-12-13(10-5-2)14(15)11-6-3/h13-14H,2,4-12,15H2,1,3H3. The second kappa shape index (κ2) is 10.5. The fourth-order valence-corrected chi connectivity index (χ4v) is 2.24. The van der Waals surface area contributed by atoms with E-state index >= 15 is 0 Å². The van der Waals surface area contributed by atoms with Crippen molar-refractivity contribution in [2.75, 3.05) is 0 Å². The lowest BCUT2D eigenvalue weighted by molar-refractivity contribution is 0.340. The zero-order valence-electron chi connectivity index (χ0n) is 10.8. The molecule has 91 valence electrons. The molecular weight excluding hydrogens is 182 g/mol. The molecule has 2 atom stereocenters. The average molecular weight is 212 g/mol. The van der Waals surface area contributed by atoms with Gasteiger partial charge in [0.1, 0.15) is 0 Å². The van der Waals surface area contributed by atoms with Gasteiger partial charge in [-0.2, -0.15) is 0 Å². The molecule has 0 aromatic heterocycles. The third-order valence-corrected chi connectivity index (χ3v) is 3.23. The van der Waals surface area contributed by atoms with Gasteiger partial charge in [0.2, 0.25) is 0 Å². The van der Waals surface area contributed by atoms with E-state index in [0.717, 1.165) is 12.3 Å². The zero-order valence-corrected chi connectivity index (χ0v) is 10.8. The molecule has 0 aromatic rings. The van der Waals surface area contributed by atoms with Gasteiger partial charge in [0.15, 0.2) is 0 Å². The normalized spacial score (nSPS) is 15.2. The van der Waals surface area contributed by atoms with Crippen LogP contribution >= 0.6 is 0 Å². The van der Waals surface area contributed by atoms with Crippen LogP contribution in [0.1, 0.15) is 71.6 Å². The van der Waals surface area contributed by atoms with Gasteiger partial charge in [0.25, 0.3) is 0 Å². The Hall–Kier alpha value is -0.0400. The quantitative estimate of drug-likeness (QED) is 0.536. The molecule has 0 saturated heterocycles. The zero-order chi connectivity index (χ0) is 11.5. The lowest BCUT2D eigenvalue weighted by Crippen LogP contribution is -2.29. The van der Waals surface area contributed by atoms with Gasteiger partial charge in [0, 0.05) is 6.04 Å². The average Bonchev–Trinajstić information content (AvgIpc) is 2.23. The van der Waals surface area contributed by atoms with Crippen LogP contribution in [-0.4, -0.2) is 6.04 Å². The Morgan fingerprint density at radius 2 is 1.67 bits per heavy atom. The minimum absolute atomic E-state index is 0.415. The smallest absolute Gasteiger partial charge is 0.00670 e. The van der Waals surface area contributed by atoms with Gasteiger partial charge in [-0.05, 0) is 25.2 Å². The fourth-order valence-electron chi connectivity index (χ4n) is 2.24. The van der Waals surface area contributed by atoms with Crippen molar-refractivity contribution in [3.8, 4) is 0 Å². The number of unbranched alkanes of at least 4 members (excludes halogenated alkanes) is 3. The molecule has 0 saturated carbocycles. The Kier molecular flexibility index (Phi) is 10.4. The number of rotatable bonds is 10. The lowest BCUT2D eigenvalue weighted by atomic mass is 9.87. The van der Waals surface area contributed by atoms with E-state index in [1.165, 1.54) is 51.4 Å². The molecule has 0 rings (SSSR count). The largest absolute Gasteiger partial charge is 0.327 e. The summed E-state index contributed by atoms with van der Waals surface area (Å²) in [4.78, 5) is 0. The first-order valence-corrected chi connectivity index (χ1v) is 6.81. The molecular formula is C14H30N. The third kappa shape index (κ3) is 7.84. The Labute approximate surface area is 96.8 Å². The van der Waals surface area contributed by atoms with Crippen molar-refractivity contribution in [3.05, 3.63) is 6.92 Å². The van der Waals surface area contributed by atoms with E-state index < -0.39 is 0 Å². The Balaban J connectivity index is 3.71. The van der Waals surface area contributed by atoms with Crippen LogP contribution in [-0.2, 0) is 0 Å². The summed E-state index contributed by atoms with van der Waals surface area (Å²) in [6.45, 7) is 8.44. The summed E-state index contributed by atoms with van der Waals surface area (Å²) in [5.74, 6) is 0.722. The third-order valence-electron chi connectivity index (χ3n) is 3.23. The van der Waals surface area contributed by atoms with Crippen molar-refractivity contribution < 1.29 is 0 Å². The highest BCUT2D eigenvalue weighted by Crippen LogP contribution is 2.21. The molecule has 0 amide bonds. The summed E-state index contributed by atoms with van der Waals surface area (Å²) in [5, 5.41) is 0. The van der Waals surface area contributed by atoms with Crippen LogP contribution in [0.15, 0.2) is 0 Å². The second-order valence-electron chi connectivity index (χ2n) is 4.70. The van der Waals surface area contributed by atoms with Gasteiger partial charge in [0.05, 0.1) is 0 Å². The van der Waals surface area contributed by atoms with Crippen molar-refractivity contribution in [1.82, 2.24) is 0 Å². The topological polar surface area (TPSA) is 26.0 Å². The SMILES string of the molecule is [CH2]CCC(CCCCCC)C(N)CCC. The summed E-state index contributed by atoms with van der Waals surface area (Å²) in [5.41, 5.74) is 6.20. The van der Waals surface area contributed by atoms with Gasteiger partial charge in [-0.1, -0.05) is 59.3 Å². The van der Waals surface area contributed by atoms with Crippen LogP contribution in [0.25, 0.3) is 0 Å².